The van der Waals surface area contributed by atoms with Crippen molar-refractivity contribution in [2.24, 2.45) is 12.0 Å². The molecule has 0 saturated carbocycles. The van der Waals surface area contributed by atoms with Gasteiger partial charge in [-0.2, -0.15) is 18.2 Å². The molecule has 2 aromatic heterocycles. The first-order valence-electron chi connectivity index (χ1n) is 11.7. The highest BCUT2D eigenvalue weighted by Crippen LogP contribution is 2.39. The molecule has 4 heterocycles. The molecule has 1 saturated heterocycles. The molecule has 0 radical (unpaired) electrons. The SMILES string of the molecule is CN1CCC[C@H]1c1cc(Nc2nc3ncc(O/C(C=N)=C4\C=NC=CN4)c(Cl)c3n2C)cc(C(F)(F)F)c1. The van der Waals surface area contributed by atoms with Crippen molar-refractivity contribution >= 4 is 46.8 Å². The number of nitrogens with one attached hydrogen (secondary N) is 3. The van der Waals surface area contributed by atoms with Crippen molar-refractivity contribution in [2.75, 3.05) is 18.9 Å². The summed E-state index contributed by atoms with van der Waals surface area (Å²) in [7, 11) is 3.59. The molecule has 3 N–H and O–H groups in total. The number of benzene rings is 1. The first-order valence-corrected chi connectivity index (χ1v) is 12.1. The van der Waals surface area contributed by atoms with E-state index in [1.807, 2.05) is 7.05 Å². The predicted octanol–water partition coefficient (Wildman–Crippen LogP) is 5.54. The molecule has 1 aromatic carbocycles. The second kappa shape index (κ2) is 10.1. The lowest BCUT2D eigenvalue weighted by Crippen LogP contribution is -2.18. The molecule has 1 fully saturated rings. The minimum Gasteiger partial charge on any atom is -0.450 e. The molecule has 0 aliphatic carbocycles. The molecule has 38 heavy (non-hydrogen) atoms. The number of anilines is 2. The maximum absolute atomic E-state index is 13.7. The van der Waals surface area contributed by atoms with E-state index in [-0.39, 0.29) is 39.9 Å². The van der Waals surface area contributed by atoms with Crippen LogP contribution in [0.25, 0.3) is 11.2 Å². The van der Waals surface area contributed by atoms with Crippen LogP contribution in [-0.2, 0) is 13.2 Å². The number of aromatic nitrogens is 3. The van der Waals surface area contributed by atoms with E-state index in [0.717, 1.165) is 31.7 Å². The third-order valence-electron chi connectivity index (χ3n) is 6.47. The van der Waals surface area contributed by atoms with Gasteiger partial charge < -0.3 is 25.3 Å². The Hall–Kier alpha value is -3.90. The predicted molar refractivity (Wildman–Crippen MR) is 140 cm³/mol. The average Bonchev–Trinajstić information content (AvgIpc) is 3.46. The van der Waals surface area contributed by atoms with Crippen LogP contribution < -0.4 is 15.4 Å². The molecule has 5 rings (SSSR count). The van der Waals surface area contributed by atoms with Crippen LogP contribution in [0.1, 0.15) is 30.0 Å². The maximum atomic E-state index is 13.7. The van der Waals surface area contributed by atoms with Gasteiger partial charge >= 0.3 is 6.18 Å². The van der Waals surface area contributed by atoms with Gasteiger partial charge in [-0.05, 0) is 50.2 Å². The Labute approximate surface area is 221 Å². The smallest absolute Gasteiger partial charge is 0.416 e. The fourth-order valence-corrected chi connectivity index (χ4v) is 4.88. The fourth-order valence-electron chi connectivity index (χ4n) is 4.58. The van der Waals surface area contributed by atoms with E-state index in [2.05, 4.69) is 30.5 Å². The van der Waals surface area contributed by atoms with Crippen molar-refractivity contribution in [3.63, 3.8) is 0 Å². The van der Waals surface area contributed by atoms with E-state index in [9.17, 15) is 13.2 Å². The summed E-state index contributed by atoms with van der Waals surface area (Å²) in [5.74, 6) is 0.596. The van der Waals surface area contributed by atoms with Crippen LogP contribution in [0.2, 0.25) is 5.02 Å². The van der Waals surface area contributed by atoms with E-state index in [1.54, 1.807) is 30.1 Å². The van der Waals surface area contributed by atoms with Gasteiger partial charge in [0.15, 0.2) is 17.2 Å². The Morgan fingerprint density at radius 1 is 1.29 bits per heavy atom. The van der Waals surface area contributed by atoms with E-state index >= 15 is 0 Å². The maximum Gasteiger partial charge on any atom is 0.416 e. The number of allylic oxidation sites excluding steroid dienone is 2. The van der Waals surface area contributed by atoms with Crippen molar-refractivity contribution in [2.45, 2.75) is 25.1 Å². The number of halogens is 4. The van der Waals surface area contributed by atoms with E-state index in [0.29, 0.717) is 16.8 Å². The summed E-state index contributed by atoms with van der Waals surface area (Å²) in [6.07, 6.45) is 4.24. The molecule has 2 aliphatic heterocycles. The number of alkyl halides is 3. The number of rotatable bonds is 6. The Balaban J connectivity index is 1.50. The van der Waals surface area contributed by atoms with Crippen LogP contribution in [0.5, 0.6) is 5.75 Å². The van der Waals surface area contributed by atoms with E-state index in [4.69, 9.17) is 21.7 Å². The van der Waals surface area contributed by atoms with Crippen molar-refractivity contribution in [1.82, 2.24) is 24.8 Å². The number of likely N-dealkylation sites (tertiary alicyclic amines) is 1. The zero-order valence-electron chi connectivity index (χ0n) is 20.5. The van der Waals surface area contributed by atoms with Crippen LogP contribution in [0.15, 0.2) is 53.2 Å². The van der Waals surface area contributed by atoms with Crippen LogP contribution in [0.4, 0.5) is 24.8 Å². The minimum absolute atomic E-state index is 0.0922. The van der Waals surface area contributed by atoms with Gasteiger partial charge in [0.05, 0.1) is 24.2 Å². The molecule has 0 unspecified atom stereocenters. The summed E-state index contributed by atoms with van der Waals surface area (Å²) in [5, 5.41) is 13.8. The number of pyridine rings is 1. The molecular weight excluding hydrogens is 521 g/mol. The van der Waals surface area contributed by atoms with Crippen LogP contribution in [-0.4, -0.2) is 45.5 Å². The lowest BCUT2D eigenvalue weighted by molar-refractivity contribution is -0.137. The van der Waals surface area contributed by atoms with Crippen molar-refractivity contribution in [1.29, 1.82) is 5.41 Å². The number of ether oxygens (including phenoxy) is 1. The molecule has 2 aliphatic rings. The quantitative estimate of drug-likeness (QED) is 0.278. The zero-order chi connectivity index (χ0) is 27.0. The lowest BCUT2D eigenvalue weighted by atomic mass is 10.0. The highest BCUT2D eigenvalue weighted by Gasteiger charge is 2.33. The second-order valence-corrected chi connectivity index (χ2v) is 9.35. The highest BCUT2D eigenvalue weighted by atomic mass is 35.5. The van der Waals surface area contributed by atoms with Gasteiger partial charge in [0.1, 0.15) is 16.2 Å². The van der Waals surface area contributed by atoms with Gasteiger partial charge in [0.25, 0.3) is 0 Å². The Morgan fingerprint density at radius 3 is 2.76 bits per heavy atom. The van der Waals surface area contributed by atoms with Gasteiger partial charge in [-0.1, -0.05) is 11.6 Å². The Kier molecular flexibility index (Phi) is 6.84. The van der Waals surface area contributed by atoms with E-state index in [1.165, 1.54) is 18.5 Å². The summed E-state index contributed by atoms with van der Waals surface area (Å²) < 4.78 is 48.7. The Bertz CT molecular complexity index is 1490. The molecular formula is C25H24ClF3N8O. The summed E-state index contributed by atoms with van der Waals surface area (Å²) in [6.45, 7) is 0.832. The molecule has 13 heteroatoms. The molecule has 0 bridgehead atoms. The van der Waals surface area contributed by atoms with Gasteiger partial charge in [0.2, 0.25) is 5.95 Å². The zero-order valence-corrected chi connectivity index (χ0v) is 21.2. The molecule has 9 nitrogen and oxygen atoms in total. The van der Waals surface area contributed by atoms with Gasteiger partial charge in [0, 0.05) is 31.2 Å². The number of nitrogens with zero attached hydrogens (tertiary/aromatic N) is 5. The third-order valence-corrected chi connectivity index (χ3v) is 6.83. The normalized spacial score (nSPS) is 19.1. The molecule has 1 atom stereocenters. The van der Waals surface area contributed by atoms with Gasteiger partial charge in [-0.15, -0.1) is 0 Å². The number of hydrogen-bond donors (Lipinski definition) is 3. The summed E-state index contributed by atoms with van der Waals surface area (Å²) in [5.41, 5.74) is 1.26. The third kappa shape index (κ3) is 4.96. The van der Waals surface area contributed by atoms with Gasteiger partial charge in [-0.25, -0.2) is 4.98 Å². The van der Waals surface area contributed by atoms with Crippen LogP contribution in [0, 0.1) is 5.41 Å². The number of imidazole rings is 1. The topological polar surface area (TPSA) is 103 Å². The summed E-state index contributed by atoms with van der Waals surface area (Å²) >= 11 is 6.64. The molecule has 3 aromatic rings. The van der Waals surface area contributed by atoms with E-state index < -0.39 is 11.7 Å². The molecule has 0 spiro atoms. The number of fused-ring (bicyclic) bond motifs is 1. The van der Waals surface area contributed by atoms with Crippen molar-refractivity contribution in [3.05, 3.63) is 64.4 Å². The lowest BCUT2D eigenvalue weighted by Gasteiger charge is -2.22. The van der Waals surface area contributed by atoms with Crippen molar-refractivity contribution < 1.29 is 17.9 Å². The number of hydrogen-bond acceptors (Lipinski definition) is 8. The molecule has 198 valence electrons. The largest absolute Gasteiger partial charge is 0.450 e. The summed E-state index contributed by atoms with van der Waals surface area (Å²) in [6, 6.07) is 3.91. The molecule has 0 amide bonds. The van der Waals surface area contributed by atoms with Crippen LogP contribution in [0.3, 0.4) is 0 Å². The first-order chi connectivity index (χ1) is 18.2. The first kappa shape index (κ1) is 25.7. The van der Waals surface area contributed by atoms with Crippen LogP contribution >= 0.6 is 11.6 Å². The Morgan fingerprint density at radius 2 is 2.11 bits per heavy atom. The second-order valence-electron chi connectivity index (χ2n) is 8.97. The fraction of sp³-hybridized carbons (Fsp3) is 0.280. The van der Waals surface area contributed by atoms with Crippen molar-refractivity contribution in [3.8, 4) is 5.75 Å². The minimum atomic E-state index is -4.50. The number of aliphatic imine (C=N–C) groups is 1. The average molecular weight is 545 g/mol. The monoisotopic (exact) mass is 544 g/mol. The number of aryl methyl sites for hydroxylation is 1. The summed E-state index contributed by atoms with van der Waals surface area (Å²) in [4.78, 5) is 14.8. The highest BCUT2D eigenvalue weighted by molar-refractivity contribution is 6.36. The van der Waals surface area contributed by atoms with Gasteiger partial charge in [-0.3, -0.25) is 9.89 Å². The standard InChI is InChI=1S/C25H24ClF3N8O/c1-36-7-3-4-18(36)14-8-15(25(27,28)29)10-16(9-14)34-24-35-23-22(37(24)2)21(26)20(13-33-23)38-19(11-30)17-12-31-5-6-32-17/h5-6,8-13,18,30,32H,3-4,7H2,1-2H3,(H,33,34,35)/b19-17+,30-11?/t18-/m0/s1.